The van der Waals surface area contributed by atoms with Gasteiger partial charge in [0.1, 0.15) is 5.82 Å². The molecule has 0 bridgehead atoms. The lowest BCUT2D eigenvalue weighted by Gasteiger charge is -2.10. The van der Waals surface area contributed by atoms with Crippen LogP contribution in [-0.2, 0) is 5.88 Å². The Balaban J connectivity index is 2.68. The van der Waals surface area contributed by atoms with Crippen LogP contribution >= 0.6 is 34.8 Å². The SMILES string of the molecule is Fc1cccc(-c2cc(Cl)ccc2Cl)c1CCl. The highest BCUT2D eigenvalue weighted by Gasteiger charge is 2.12. The number of rotatable bonds is 2. The molecule has 0 aromatic heterocycles. The molecule has 0 N–H and O–H groups in total. The third-order valence-electron chi connectivity index (χ3n) is 2.47. The predicted octanol–water partition coefficient (Wildman–Crippen LogP) is 5.54. The van der Waals surface area contributed by atoms with Crippen molar-refractivity contribution in [2.75, 3.05) is 0 Å². The molecule has 0 atom stereocenters. The van der Waals surface area contributed by atoms with Crippen LogP contribution in [0.3, 0.4) is 0 Å². The molecule has 0 amide bonds. The molecule has 0 radical (unpaired) electrons. The lowest BCUT2D eigenvalue weighted by molar-refractivity contribution is 0.617. The van der Waals surface area contributed by atoms with E-state index in [-0.39, 0.29) is 11.7 Å². The molecule has 0 aliphatic carbocycles. The highest BCUT2D eigenvalue weighted by molar-refractivity contribution is 6.35. The second kappa shape index (κ2) is 5.26. The van der Waals surface area contributed by atoms with Crippen LogP contribution in [0.5, 0.6) is 0 Å². The van der Waals surface area contributed by atoms with E-state index in [9.17, 15) is 4.39 Å². The Bertz CT molecular complexity index is 552. The number of hydrogen-bond acceptors (Lipinski definition) is 0. The van der Waals surface area contributed by atoms with E-state index in [1.54, 1.807) is 30.3 Å². The average molecular weight is 290 g/mol. The zero-order valence-corrected chi connectivity index (χ0v) is 11.0. The fourth-order valence-corrected chi connectivity index (χ4v) is 2.31. The van der Waals surface area contributed by atoms with Gasteiger partial charge in [-0.1, -0.05) is 35.3 Å². The fraction of sp³-hybridized carbons (Fsp3) is 0.0769. The highest BCUT2D eigenvalue weighted by Crippen LogP contribution is 2.34. The monoisotopic (exact) mass is 288 g/mol. The summed E-state index contributed by atoms with van der Waals surface area (Å²) in [5, 5.41) is 1.07. The van der Waals surface area contributed by atoms with Gasteiger partial charge in [0.25, 0.3) is 0 Å². The van der Waals surface area contributed by atoms with Crippen molar-refractivity contribution in [1.29, 1.82) is 0 Å². The van der Waals surface area contributed by atoms with Gasteiger partial charge in [-0.05, 0) is 29.8 Å². The van der Waals surface area contributed by atoms with E-state index in [4.69, 9.17) is 34.8 Å². The Morgan fingerprint density at radius 2 is 1.76 bits per heavy atom. The van der Waals surface area contributed by atoms with Crippen molar-refractivity contribution in [2.45, 2.75) is 5.88 Å². The first-order valence-corrected chi connectivity index (χ1v) is 6.21. The van der Waals surface area contributed by atoms with Gasteiger partial charge in [-0.15, -0.1) is 11.6 Å². The van der Waals surface area contributed by atoms with Crippen molar-refractivity contribution in [3.8, 4) is 11.1 Å². The second-order valence-corrected chi connectivity index (χ2v) is 4.63. The van der Waals surface area contributed by atoms with Crippen molar-refractivity contribution >= 4 is 34.8 Å². The lowest BCUT2D eigenvalue weighted by atomic mass is 10.0. The highest BCUT2D eigenvalue weighted by atomic mass is 35.5. The number of hydrogen-bond donors (Lipinski definition) is 0. The van der Waals surface area contributed by atoms with E-state index < -0.39 is 0 Å². The lowest BCUT2D eigenvalue weighted by Crippen LogP contribution is -1.92. The van der Waals surface area contributed by atoms with Gasteiger partial charge in [0.2, 0.25) is 0 Å². The molecule has 0 spiro atoms. The van der Waals surface area contributed by atoms with Crippen LogP contribution in [0.4, 0.5) is 4.39 Å². The minimum atomic E-state index is -0.339. The van der Waals surface area contributed by atoms with Crippen molar-refractivity contribution in [3.05, 3.63) is 57.8 Å². The molecule has 2 aromatic rings. The van der Waals surface area contributed by atoms with E-state index in [0.29, 0.717) is 26.7 Å². The van der Waals surface area contributed by atoms with Crippen LogP contribution in [0.25, 0.3) is 11.1 Å². The minimum absolute atomic E-state index is 0.0881. The maximum atomic E-state index is 13.6. The third kappa shape index (κ3) is 2.57. The molecular formula is C13H8Cl3F. The second-order valence-electron chi connectivity index (χ2n) is 3.52. The van der Waals surface area contributed by atoms with Crippen LogP contribution in [0.15, 0.2) is 36.4 Å². The summed E-state index contributed by atoms with van der Waals surface area (Å²) in [6.45, 7) is 0. The van der Waals surface area contributed by atoms with E-state index in [0.717, 1.165) is 0 Å². The van der Waals surface area contributed by atoms with Crippen LogP contribution < -0.4 is 0 Å². The van der Waals surface area contributed by atoms with Gasteiger partial charge in [0.05, 0.1) is 5.88 Å². The van der Waals surface area contributed by atoms with Crippen molar-refractivity contribution in [2.24, 2.45) is 0 Å². The minimum Gasteiger partial charge on any atom is -0.207 e. The third-order valence-corrected chi connectivity index (χ3v) is 3.30. The van der Waals surface area contributed by atoms with Crippen molar-refractivity contribution < 1.29 is 4.39 Å². The smallest absolute Gasteiger partial charge is 0.128 e. The summed E-state index contributed by atoms with van der Waals surface area (Å²) in [5.74, 6) is -0.251. The normalized spacial score (nSPS) is 10.6. The summed E-state index contributed by atoms with van der Waals surface area (Å²) < 4.78 is 13.6. The standard InChI is InChI=1S/C13H8Cl3F/c14-7-11-9(2-1-3-13(11)17)10-6-8(15)4-5-12(10)16/h1-6H,7H2. The maximum absolute atomic E-state index is 13.6. The summed E-state index contributed by atoms with van der Waals surface area (Å²) >= 11 is 17.8. The molecule has 0 fully saturated rings. The molecule has 0 aliphatic heterocycles. The molecule has 2 rings (SSSR count). The maximum Gasteiger partial charge on any atom is 0.128 e. The molecule has 0 saturated carbocycles. The van der Waals surface area contributed by atoms with E-state index in [1.165, 1.54) is 6.07 Å². The first-order valence-electron chi connectivity index (χ1n) is 4.92. The van der Waals surface area contributed by atoms with E-state index in [2.05, 4.69) is 0 Å². The first-order chi connectivity index (χ1) is 8.13. The quantitative estimate of drug-likeness (QED) is 0.637. The zero-order chi connectivity index (χ0) is 12.4. The summed E-state index contributed by atoms with van der Waals surface area (Å²) in [7, 11) is 0. The number of alkyl halides is 1. The van der Waals surface area contributed by atoms with Gasteiger partial charge in [0.15, 0.2) is 0 Å². The Labute approximate surface area is 114 Å². The summed E-state index contributed by atoms with van der Waals surface area (Å²) in [6, 6.07) is 9.85. The Morgan fingerprint density at radius 1 is 1.00 bits per heavy atom. The van der Waals surface area contributed by atoms with Crippen LogP contribution in [-0.4, -0.2) is 0 Å². The van der Waals surface area contributed by atoms with E-state index in [1.807, 2.05) is 0 Å². The predicted molar refractivity (Wildman–Crippen MR) is 71.4 cm³/mol. The molecule has 0 heterocycles. The molecule has 2 aromatic carbocycles. The van der Waals surface area contributed by atoms with E-state index >= 15 is 0 Å². The van der Waals surface area contributed by atoms with Crippen LogP contribution in [0.1, 0.15) is 5.56 Å². The topological polar surface area (TPSA) is 0 Å². The summed E-state index contributed by atoms with van der Waals surface area (Å²) in [5.41, 5.74) is 1.79. The molecule has 17 heavy (non-hydrogen) atoms. The molecule has 4 heteroatoms. The van der Waals surface area contributed by atoms with Gasteiger partial charge in [0, 0.05) is 21.2 Å². The largest absolute Gasteiger partial charge is 0.207 e. The summed E-state index contributed by atoms with van der Waals surface area (Å²) in [6.07, 6.45) is 0. The van der Waals surface area contributed by atoms with Gasteiger partial charge < -0.3 is 0 Å². The van der Waals surface area contributed by atoms with Gasteiger partial charge in [-0.3, -0.25) is 0 Å². The zero-order valence-electron chi connectivity index (χ0n) is 8.68. The fourth-order valence-electron chi connectivity index (χ4n) is 1.65. The number of halogens is 4. The van der Waals surface area contributed by atoms with Crippen molar-refractivity contribution in [1.82, 2.24) is 0 Å². The molecule has 0 unspecified atom stereocenters. The van der Waals surface area contributed by atoms with Crippen LogP contribution in [0.2, 0.25) is 10.0 Å². The molecule has 0 aliphatic rings. The van der Waals surface area contributed by atoms with Crippen LogP contribution in [0, 0.1) is 5.82 Å². The van der Waals surface area contributed by atoms with Gasteiger partial charge in [-0.25, -0.2) is 4.39 Å². The molecular weight excluding hydrogens is 282 g/mol. The average Bonchev–Trinajstić information content (AvgIpc) is 2.32. The Morgan fingerprint density at radius 3 is 2.47 bits per heavy atom. The Hall–Kier alpha value is -0.760. The molecule has 88 valence electrons. The number of benzene rings is 2. The van der Waals surface area contributed by atoms with Gasteiger partial charge in [-0.2, -0.15) is 0 Å². The summed E-state index contributed by atoms with van der Waals surface area (Å²) in [4.78, 5) is 0. The Kier molecular flexibility index (Phi) is 3.93. The molecule has 0 saturated heterocycles. The van der Waals surface area contributed by atoms with Gasteiger partial charge >= 0.3 is 0 Å². The van der Waals surface area contributed by atoms with Crippen molar-refractivity contribution in [3.63, 3.8) is 0 Å². The first kappa shape index (κ1) is 12.7. The molecule has 0 nitrogen and oxygen atoms in total.